The van der Waals surface area contributed by atoms with Crippen LogP contribution in [-0.4, -0.2) is 27.1 Å². The van der Waals surface area contributed by atoms with Crippen LogP contribution >= 0.6 is 0 Å². The van der Waals surface area contributed by atoms with Gasteiger partial charge in [-0.1, -0.05) is 31.9 Å². The minimum atomic E-state index is -4.70. The molecule has 0 unspecified atom stereocenters. The molecule has 1 heterocycles. The summed E-state index contributed by atoms with van der Waals surface area (Å²) in [6, 6.07) is 13.9. The maximum atomic E-state index is 12.7. The number of nitrogens with zero attached hydrogens (tertiary/aromatic N) is 2. The van der Waals surface area contributed by atoms with Crippen LogP contribution in [0.3, 0.4) is 0 Å². The first kappa shape index (κ1) is 25.9. The Kier molecular flexibility index (Phi) is 8.62. The maximum Gasteiger partial charge on any atom is 0.470 e. The average molecular weight is 489 g/mol. The first-order valence-corrected chi connectivity index (χ1v) is 11.3. The smallest absolute Gasteiger partial charge is 0.470 e. The fourth-order valence-electron chi connectivity index (χ4n) is 3.54. The molecule has 2 N–H and O–H groups in total. The van der Waals surface area contributed by atoms with Gasteiger partial charge in [-0.05, 0) is 54.8 Å². The SMILES string of the molecule is CCCC[C@@H](Nc1ccc(C(=O)CCCC(=O)O)cc1)c1ccc(-c2nnc(C(F)(F)F)o2)cc1. The lowest BCUT2D eigenvalue weighted by Gasteiger charge is -2.21. The van der Waals surface area contributed by atoms with Crippen LogP contribution in [0.15, 0.2) is 52.9 Å². The predicted octanol–water partition coefficient (Wildman–Crippen LogP) is 6.54. The number of aromatic nitrogens is 2. The van der Waals surface area contributed by atoms with E-state index < -0.39 is 18.0 Å². The molecule has 0 aliphatic heterocycles. The van der Waals surface area contributed by atoms with E-state index in [1.165, 1.54) is 0 Å². The average Bonchev–Trinajstić information content (AvgIpc) is 3.33. The zero-order valence-electron chi connectivity index (χ0n) is 19.1. The lowest BCUT2D eigenvalue weighted by atomic mass is 9.99. The summed E-state index contributed by atoms with van der Waals surface area (Å²) < 4.78 is 42.9. The quantitative estimate of drug-likeness (QED) is 0.278. The number of carboxylic acid groups (broad SMARTS) is 1. The van der Waals surface area contributed by atoms with E-state index >= 15 is 0 Å². The van der Waals surface area contributed by atoms with Gasteiger partial charge in [-0.15, -0.1) is 10.2 Å². The Balaban J connectivity index is 1.69. The number of nitrogens with one attached hydrogen (secondary N) is 1. The molecule has 0 aliphatic carbocycles. The Morgan fingerprint density at radius 2 is 1.69 bits per heavy atom. The first-order valence-electron chi connectivity index (χ1n) is 11.3. The lowest BCUT2D eigenvalue weighted by molar-refractivity contribution is -0.157. The summed E-state index contributed by atoms with van der Waals surface area (Å²) in [6.45, 7) is 2.08. The van der Waals surface area contributed by atoms with E-state index in [0.717, 1.165) is 30.5 Å². The number of aliphatic carboxylic acids is 1. The van der Waals surface area contributed by atoms with E-state index in [1.807, 2.05) is 0 Å². The highest BCUT2D eigenvalue weighted by Crippen LogP contribution is 2.31. The summed E-state index contributed by atoms with van der Waals surface area (Å²) in [5, 5.41) is 18.7. The van der Waals surface area contributed by atoms with E-state index in [4.69, 9.17) is 9.52 Å². The van der Waals surface area contributed by atoms with Crippen molar-refractivity contribution in [1.82, 2.24) is 10.2 Å². The summed E-state index contributed by atoms with van der Waals surface area (Å²) in [7, 11) is 0. The van der Waals surface area contributed by atoms with Crippen molar-refractivity contribution in [2.24, 2.45) is 0 Å². The van der Waals surface area contributed by atoms with Gasteiger partial charge in [-0.25, -0.2) is 0 Å². The second-order valence-corrected chi connectivity index (χ2v) is 8.12. The van der Waals surface area contributed by atoms with E-state index in [-0.39, 0.29) is 30.6 Å². The van der Waals surface area contributed by atoms with Gasteiger partial charge in [0.05, 0.1) is 6.04 Å². The number of ketones is 1. The van der Waals surface area contributed by atoms with E-state index in [1.54, 1.807) is 48.5 Å². The third-order valence-corrected chi connectivity index (χ3v) is 5.42. The highest BCUT2D eigenvalue weighted by molar-refractivity contribution is 5.96. The van der Waals surface area contributed by atoms with Gasteiger partial charge in [0, 0.05) is 29.7 Å². The number of anilines is 1. The van der Waals surface area contributed by atoms with Crippen molar-refractivity contribution in [2.75, 3.05) is 5.32 Å². The molecule has 0 bridgehead atoms. The molecule has 186 valence electrons. The standard InChI is InChI=1S/C25H26F3N3O4/c1-2-3-5-20(29-19-14-12-17(13-15-19)21(32)6-4-7-22(33)34)16-8-10-18(11-9-16)23-30-31-24(35-23)25(26,27)28/h8-15,20,29H,2-7H2,1H3,(H,33,34)/t20-/m1/s1. The summed E-state index contributed by atoms with van der Waals surface area (Å²) in [6.07, 6.45) is -1.50. The zero-order chi connectivity index (χ0) is 25.4. The van der Waals surface area contributed by atoms with Crippen LogP contribution in [0, 0.1) is 0 Å². The lowest BCUT2D eigenvalue weighted by Crippen LogP contribution is -2.11. The van der Waals surface area contributed by atoms with Crippen LogP contribution in [0.2, 0.25) is 0 Å². The van der Waals surface area contributed by atoms with Crippen molar-refractivity contribution in [2.45, 2.75) is 57.7 Å². The molecule has 0 fully saturated rings. The van der Waals surface area contributed by atoms with Crippen LogP contribution in [0.25, 0.3) is 11.5 Å². The summed E-state index contributed by atoms with van der Waals surface area (Å²) in [5.74, 6) is -2.62. The van der Waals surface area contributed by atoms with Gasteiger partial charge in [-0.2, -0.15) is 13.2 Å². The van der Waals surface area contributed by atoms with Gasteiger partial charge < -0.3 is 14.8 Å². The second kappa shape index (κ2) is 11.6. The van der Waals surface area contributed by atoms with Crippen LogP contribution in [0.4, 0.5) is 18.9 Å². The number of carbonyl (C=O) groups is 2. The fourth-order valence-corrected chi connectivity index (χ4v) is 3.54. The maximum absolute atomic E-state index is 12.7. The Morgan fingerprint density at radius 1 is 1.00 bits per heavy atom. The Morgan fingerprint density at radius 3 is 2.26 bits per heavy atom. The Bertz CT molecular complexity index is 1130. The normalized spacial score (nSPS) is 12.3. The number of halogens is 3. The molecule has 0 saturated heterocycles. The monoisotopic (exact) mass is 489 g/mol. The zero-order valence-corrected chi connectivity index (χ0v) is 19.1. The Labute approximate surface area is 200 Å². The summed E-state index contributed by atoms with van der Waals surface area (Å²) >= 11 is 0. The Hall–Kier alpha value is -3.69. The number of alkyl halides is 3. The predicted molar refractivity (Wildman–Crippen MR) is 123 cm³/mol. The molecule has 2 aromatic carbocycles. The number of Topliss-reactive ketones (excluding diaryl/α,β-unsaturated/α-hetero) is 1. The second-order valence-electron chi connectivity index (χ2n) is 8.12. The molecule has 0 radical (unpaired) electrons. The molecule has 0 spiro atoms. The molecule has 1 aromatic heterocycles. The third kappa shape index (κ3) is 7.40. The minimum Gasteiger partial charge on any atom is -0.481 e. The molecule has 0 amide bonds. The van der Waals surface area contributed by atoms with Crippen LogP contribution in [0.1, 0.15) is 73.3 Å². The van der Waals surface area contributed by atoms with Gasteiger partial charge in [0.2, 0.25) is 5.89 Å². The van der Waals surface area contributed by atoms with Crippen molar-refractivity contribution in [3.63, 3.8) is 0 Å². The number of unbranched alkanes of at least 4 members (excludes halogenated alkanes) is 1. The molecule has 1 atom stereocenters. The largest absolute Gasteiger partial charge is 0.481 e. The van der Waals surface area contributed by atoms with Crippen molar-refractivity contribution >= 4 is 17.4 Å². The van der Waals surface area contributed by atoms with Gasteiger partial charge in [0.1, 0.15) is 0 Å². The molecule has 10 heteroatoms. The number of hydrogen-bond acceptors (Lipinski definition) is 6. The van der Waals surface area contributed by atoms with Crippen molar-refractivity contribution in [1.29, 1.82) is 0 Å². The fraction of sp³-hybridized carbons (Fsp3) is 0.360. The van der Waals surface area contributed by atoms with Crippen molar-refractivity contribution in [3.05, 3.63) is 65.5 Å². The highest BCUT2D eigenvalue weighted by Gasteiger charge is 2.38. The minimum absolute atomic E-state index is 0.0424. The van der Waals surface area contributed by atoms with Crippen molar-refractivity contribution < 1.29 is 32.3 Å². The molecule has 3 aromatic rings. The number of carbonyl (C=O) groups excluding carboxylic acids is 1. The molecule has 35 heavy (non-hydrogen) atoms. The molecule has 3 rings (SSSR count). The first-order chi connectivity index (χ1) is 16.7. The highest BCUT2D eigenvalue weighted by atomic mass is 19.4. The van der Waals surface area contributed by atoms with Crippen molar-refractivity contribution in [3.8, 4) is 11.5 Å². The van der Waals surface area contributed by atoms with Crippen LogP contribution < -0.4 is 5.32 Å². The number of benzene rings is 2. The van der Waals surface area contributed by atoms with Gasteiger partial charge in [0.25, 0.3) is 0 Å². The van der Waals surface area contributed by atoms with E-state index in [0.29, 0.717) is 17.5 Å². The van der Waals surface area contributed by atoms with Gasteiger partial charge in [-0.3, -0.25) is 9.59 Å². The molecule has 0 aliphatic rings. The number of rotatable bonds is 12. The van der Waals surface area contributed by atoms with Gasteiger partial charge >= 0.3 is 18.0 Å². The molecular weight excluding hydrogens is 463 g/mol. The summed E-state index contributed by atoms with van der Waals surface area (Å²) in [4.78, 5) is 22.8. The number of hydrogen-bond donors (Lipinski definition) is 2. The third-order valence-electron chi connectivity index (χ3n) is 5.42. The summed E-state index contributed by atoms with van der Waals surface area (Å²) in [5.41, 5.74) is 2.65. The van der Waals surface area contributed by atoms with Gasteiger partial charge in [0.15, 0.2) is 5.78 Å². The van der Waals surface area contributed by atoms with E-state index in [9.17, 15) is 22.8 Å². The molecular formula is C25H26F3N3O4. The molecule has 0 saturated carbocycles. The van der Waals surface area contributed by atoms with Crippen LogP contribution in [0.5, 0.6) is 0 Å². The topological polar surface area (TPSA) is 105 Å². The molecule has 7 nitrogen and oxygen atoms in total. The van der Waals surface area contributed by atoms with E-state index in [2.05, 4.69) is 22.4 Å². The van der Waals surface area contributed by atoms with Crippen LogP contribution in [-0.2, 0) is 11.0 Å². The number of carboxylic acids is 1.